The van der Waals surface area contributed by atoms with Gasteiger partial charge in [-0.25, -0.2) is 0 Å². The van der Waals surface area contributed by atoms with Crippen molar-refractivity contribution in [3.05, 3.63) is 28.8 Å². The number of ether oxygens (including phenoxy) is 2. The Labute approximate surface area is 120 Å². The van der Waals surface area contributed by atoms with E-state index in [1.807, 2.05) is 0 Å². The van der Waals surface area contributed by atoms with Gasteiger partial charge in [0.1, 0.15) is 11.8 Å². The first-order valence-electron chi connectivity index (χ1n) is 7.26. The number of fused-ring (bicyclic) bond motifs is 1. The fourth-order valence-corrected chi connectivity index (χ4v) is 2.73. The molecule has 0 spiro atoms. The van der Waals surface area contributed by atoms with Crippen LogP contribution in [-0.2, 0) is 28.8 Å². The molecule has 110 valence electrons. The lowest BCUT2D eigenvalue weighted by Gasteiger charge is -2.20. The van der Waals surface area contributed by atoms with Crippen LogP contribution >= 0.6 is 0 Å². The quantitative estimate of drug-likeness (QED) is 0.836. The van der Waals surface area contributed by atoms with Gasteiger partial charge in [-0.2, -0.15) is 0 Å². The maximum Gasteiger partial charge on any atom is 0.323 e. The molecule has 0 aromatic heterocycles. The molecule has 0 saturated carbocycles. The Hall–Kier alpha value is -1.55. The first kappa shape index (κ1) is 14.9. The molecule has 1 aliphatic carbocycles. The fraction of sp³-hybridized carbons (Fsp3) is 0.562. The summed E-state index contributed by atoms with van der Waals surface area (Å²) in [5.41, 5.74) is 9.63. The third kappa shape index (κ3) is 3.31. The van der Waals surface area contributed by atoms with Gasteiger partial charge < -0.3 is 15.2 Å². The third-order valence-corrected chi connectivity index (χ3v) is 3.77. The second-order valence-corrected chi connectivity index (χ2v) is 5.20. The molecule has 1 aromatic carbocycles. The predicted octanol–water partition coefficient (Wildman–Crippen LogP) is 2.01. The molecule has 1 aromatic rings. The van der Waals surface area contributed by atoms with E-state index in [-0.39, 0.29) is 5.97 Å². The lowest BCUT2D eigenvalue weighted by Crippen LogP contribution is -2.34. The Balaban J connectivity index is 2.19. The highest BCUT2D eigenvalue weighted by Gasteiger charge is 2.20. The maximum absolute atomic E-state index is 11.6. The van der Waals surface area contributed by atoms with E-state index in [1.165, 1.54) is 24.0 Å². The predicted molar refractivity (Wildman–Crippen MR) is 77.9 cm³/mol. The van der Waals surface area contributed by atoms with Crippen LogP contribution < -0.4 is 10.5 Å². The number of carbonyl (C=O) groups excluding carboxylic acids is 1. The zero-order chi connectivity index (χ0) is 14.5. The molecule has 4 nitrogen and oxygen atoms in total. The second-order valence-electron chi connectivity index (χ2n) is 5.20. The number of carbonyl (C=O) groups is 1. The molecule has 0 amide bonds. The summed E-state index contributed by atoms with van der Waals surface area (Å²) >= 11 is 0. The van der Waals surface area contributed by atoms with Gasteiger partial charge in [0.15, 0.2) is 0 Å². The van der Waals surface area contributed by atoms with Crippen LogP contribution in [0.25, 0.3) is 0 Å². The molecule has 0 bridgehead atoms. The summed E-state index contributed by atoms with van der Waals surface area (Å²) in [6, 6.07) is 3.61. The van der Waals surface area contributed by atoms with Gasteiger partial charge in [-0.1, -0.05) is 6.07 Å². The topological polar surface area (TPSA) is 61.5 Å². The SMILES string of the molecule is CCOC(=O)C(N)Cc1cc2c(cc1OC)CCCC2. The average Bonchev–Trinajstić information content (AvgIpc) is 2.46. The summed E-state index contributed by atoms with van der Waals surface area (Å²) in [6.45, 7) is 2.14. The van der Waals surface area contributed by atoms with Gasteiger partial charge in [-0.05, 0) is 55.4 Å². The summed E-state index contributed by atoms with van der Waals surface area (Å²) < 4.78 is 10.4. The number of methoxy groups -OCH3 is 1. The summed E-state index contributed by atoms with van der Waals surface area (Å²) in [5, 5.41) is 0. The minimum atomic E-state index is -0.634. The summed E-state index contributed by atoms with van der Waals surface area (Å²) in [7, 11) is 1.66. The van der Waals surface area contributed by atoms with Crippen molar-refractivity contribution in [1.29, 1.82) is 0 Å². The zero-order valence-electron chi connectivity index (χ0n) is 12.3. The van der Waals surface area contributed by atoms with Crippen LogP contribution in [0.2, 0.25) is 0 Å². The van der Waals surface area contributed by atoms with Gasteiger partial charge >= 0.3 is 5.97 Å². The largest absolute Gasteiger partial charge is 0.496 e. The third-order valence-electron chi connectivity index (χ3n) is 3.77. The Morgan fingerprint density at radius 3 is 2.55 bits per heavy atom. The van der Waals surface area contributed by atoms with E-state index in [0.717, 1.165) is 24.2 Å². The molecule has 0 heterocycles. The second kappa shape index (κ2) is 6.75. The number of rotatable bonds is 5. The van der Waals surface area contributed by atoms with Crippen LogP contribution in [0.5, 0.6) is 5.75 Å². The van der Waals surface area contributed by atoms with Crippen LogP contribution in [0.1, 0.15) is 36.5 Å². The van der Waals surface area contributed by atoms with Crippen molar-refractivity contribution in [3.8, 4) is 5.75 Å². The van der Waals surface area contributed by atoms with Gasteiger partial charge in [0.2, 0.25) is 0 Å². The summed E-state index contributed by atoms with van der Waals surface area (Å²) in [6.07, 6.45) is 5.12. The zero-order valence-corrected chi connectivity index (χ0v) is 12.3. The molecular weight excluding hydrogens is 254 g/mol. The van der Waals surface area contributed by atoms with E-state index in [1.54, 1.807) is 14.0 Å². The lowest BCUT2D eigenvalue weighted by atomic mass is 9.88. The van der Waals surface area contributed by atoms with Crippen molar-refractivity contribution < 1.29 is 14.3 Å². The minimum Gasteiger partial charge on any atom is -0.496 e. The van der Waals surface area contributed by atoms with Crippen molar-refractivity contribution in [2.24, 2.45) is 5.73 Å². The molecule has 1 atom stereocenters. The van der Waals surface area contributed by atoms with Gasteiger partial charge in [-0.3, -0.25) is 4.79 Å². The van der Waals surface area contributed by atoms with Crippen LogP contribution in [0.15, 0.2) is 12.1 Å². The number of hydrogen-bond donors (Lipinski definition) is 1. The standard InChI is InChI=1S/C16H23NO3/c1-3-20-16(18)14(17)9-13-8-11-6-4-5-7-12(11)10-15(13)19-2/h8,10,14H,3-7,9,17H2,1-2H3. The monoisotopic (exact) mass is 277 g/mol. The van der Waals surface area contributed by atoms with E-state index in [0.29, 0.717) is 13.0 Å². The molecule has 0 fully saturated rings. The van der Waals surface area contributed by atoms with E-state index < -0.39 is 6.04 Å². The van der Waals surface area contributed by atoms with Crippen LogP contribution in [0.3, 0.4) is 0 Å². The Morgan fingerprint density at radius 2 is 1.95 bits per heavy atom. The van der Waals surface area contributed by atoms with E-state index in [4.69, 9.17) is 15.2 Å². The van der Waals surface area contributed by atoms with Gasteiger partial charge in [0.05, 0.1) is 13.7 Å². The molecule has 2 rings (SSSR count). The molecular formula is C16H23NO3. The van der Waals surface area contributed by atoms with Crippen molar-refractivity contribution in [2.75, 3.05) is 13.7 Å². The number of benzene rings is 1. The van der Waals surface area contributed by atoms with Gasteiger partial charge in [-0.15, -0.1) is 0 Å². The number of aryl methyl sites for hydroxylation is 2. The highest BCUT2D eigenvalue weighted by atomic mass is 16.5. The van der Waals surface area contributed by atoms with Crippen LogP contribution in [0, 0.1) is 0 Å². The molecule has 0 saturated heterocycles. The van der Waals surface area contributed by atoms with Crippen molar-refractivity contribution in [3.63, 3.8) is 0 Å². The number of esters is 1. The molecule has 20 heavy (non-hydrogen) atoms. The first-order chi connectivity index (χ1) is 9.65. The molecule has 1 aliphatic rings. The summed E-state index contributed by atoms with van der Waals surface area (Å²) in [4.78, 5) is 11.6. The Morgan fingerprint density at radius 1 is 1.30 bits per heavy atom. The smallest absolute Gasteiger partial charge is 0.323 e. The molecule has 4 heteroatoms. The number of hydrogen-bond acceptors (Lipinski definition) is 4. The van der Waals surface area contributed by atoms with Gasteiger partial charge in [0, 0.05) is 6.42 Å². The van der Waals surface area contributed by atoms with Crippen LogP contribution in [0.4, 0.5) is 0 Å². The Bertz CT molecular complexity index is 485. The van der Waals surface area contributed by atoms with Crippen molar-refractivity contribution >= 4 is 5.97 Å². The minimum absolute atomic E-state index is 0.354. The molecule has 1 unspecified atom stereocenters. The van der Waals surface area contributed by atoms with E-state index in [2.05, 4.69) is 12.1 Å². The van der Waals surface area contributed by atoms with Gasteiger partial charge in [0.25, 0.3) is 0 Å². The molecule has 0 radical (unpaired) electrons. The first-order valence-corrected chi connectivity index (χ1v) is 7.26. The highest BCUT2D eigenvalue weighted by molar-refractivity contribution is 5.76. The van der Waals surface area contributed by atoms with E-state index >= 15 is 0 Å². The molecule has 2 N–H and O–H groups in total. The normalized spacial score (nSPS) is 15.3. The summed E-state index contributed by atoms with van der Waals surface area (Å²) in [5.74, 6) is 0.470. The van der Waals surface area contributed by atoms with Crippen molar-refractivity contribution in [1.82, 2.24) is 0 Å². The Kier molecular flexibility index (Phi) is 5.01. The average molecular weight is 277 g/mol. The molecule has 0 aliphatic heterocycles. The van der Waals surface area contributed by atoms with Crippen LogP contribution in [-0.4, -0.2) is 25.7 Å². The highest BCUT2D eigenvalue weighted by Crippen LogP contribution is 2.29. The van der Waals surface area contributed by atoms with E-state index in [9.17, 15) is 4.79 Å². The van der Waals surface area contributed by atoms with Crippen molar-refractivity contribution in [2.45, 2.75) is 45.1 Å². The fourth-order valence-electron chi connectivity index (χ4n) is 2.73. The maximum atomic E-state index is 11.6. The number of nitrogens with two attached hydrogens (primary N) is 1. The lowest BCUT2D eigenvalue weighted by molar-refractivity contribution is -0.144.